The summed E-state index contributed by atoms with van der Waals surface area (Å²) in [5.41, 5.74) is 1.07. The Balaban J connectivity index is 2.58. The molecule has 0 saturated heterocycles. The minimum absolute atomic E-state index is 0.0495. The maximum absolute atomic E-state index is 11.7. The van der Waals surface area contributed by atoms with Crippen LogP contribution in [0, 0.1) is 11.8 Å². The van der Waals surface area contributed by atoms with E-state index in [1.165, 1.54) is 0 Å². The molecular formula is C17H26O3. The first kappa shape index (κ1) is 16.9. The van der Waals surface area contributed by atoms with Gasteiger partial charge in [0.25, 0.3) is 0 Å². The molecule has 0 aliphatic rings. The predicted molar refractivity (Wildman–Crippen MR) is 80.3 cm³/mol. The van der Waals surface area contributed by atoms with Gasteiger partial charge < -0.3 is 9.84 Å². The Morgan fingerprint density at radius 2 is 1.75 bits per heavy atom. The fraction of sp³-hybridized carbons (Fsp3) is 0.588. The zero-order chi connectivity index (χ0) is 15.1. The van der Waals surface area contributed by atoms with E-state index in [1.54, 1.807) is 0 Å². The number of Topliss-reactive ketones (excluding diaryl/α,β-unsaturated/α-hetero) is 1. The van der Waals surface area contributed by atoms with Crippen LogP contribution >= 0.6 is 0 Å². The van der Waals surface area contributed by atoms with Gasteiger partial charge in [0.15, 0.2) is 0 Å². The lowest BCUT2D eigenvalue weighted by atomic mass is 9.94. The van der Waals surface area contributed by atoms with Crippen molar-refractivity contribution in [2.75, 3.05) is 0 Å². The van der Waals surface area contributed by atoms with Crippen molar-refractivity contribution in [3.63, 3.8) is 0 Å². The minimum atomic E-state index is -0.742. The molecule has 1 rings (SSSR count). The Morgan fingerprint density at radius 3 is 2.25 bits per heavy atom. The second kappa shape index (κ2) is 8.18. The number of carbonyl (C=O) groups is 1. The quantitative estimate of drug-likeness (QED) is 0.794. The average Bonchev–Trinajstić information content (AvgIpc) is 2.39. The molecule has 1 aromatic rings. The monoisotopic (exact) mass is 278 g/mol. The molecule has 2 atom stereocenters. The molecule has 0 radical (unpaired) electrons. The average molecular weight is 278 g/mol. The van der Waals surface area contributed by atoms with E-state index in [0.717, 1.165) is 5.56 Å². The number of ether oxygens (including phenoxy) is 1. The summed E-state index contributed by atoms with van der Waals surface area (Å²) in [7, 11) is 0. The summed E-state index contributed by atoms with van der Waals surface area (Å²) in [5, 5.41) is 10.2. The lowest BCUT2D eigenvalue weighted by Crippen LogP contribution is -2.36. The van der Waals surface area contributed by atoms with Gasteiger partial charge in [-0.05, 0) is 11.5 Å². The third-order valence-electron chi connectivity index (χ3n) is 3.38. The van der Waals surface area contributed by atoms with Crippen molar-refractivity contribution >= 4 is 5.78 Å². The van der Waals surface area contributed by atoms with Crippen molar-refractivity contribution in [1.82, 2.24) is 0 Å². The summed E-state index contributed by atoms with van der Waals surface area (Å²) in [4.78, 5) is 11.7. The summed E-state index contributed by atoms with van der Waals surface area (Å²) in [5.74, 6) is 0.187. The lowest BCUT2D eigenvalue weighted by Gasteiger charge is -2.27. The Labute approximate surface area is 122 Å². The molecule has 0 saturated carbocycles. The number of hydrogen-bond acceptors (Lipinski definition) is 3. The molecule has 0 aliphatic heterocycles. The third kappa shape index (κ3) is 5.43. The van der Waals surface area contributed by atoms with Gasteiger partial charge in [-0.15, -0.1) is 0 Å². The number of hydrogen-bond donors (Lipinski definition) is 1. The summed E-state index contributed by atoms with van der Waals surface area (Å²) in [6.45, 7) is 8.16. The molecule has 0 spiro atoms. The van der Waals surface area contributed by atoms with Gasteiger partial charge in [0, 0.05) is 12.3 Å². The Morgan fingerprint density at radius 1 is 1.15 bits per heavy atom. The van der Waals surface area contributed by atoms with Gasteiger partial charge in [0.1, 0.15) is 5.78 Å². The van der Waals surface area contributed by atoms with E-state index in [0.29, 0.717) is 6.61 Å². The van der Waals surface area contributed by atoms with Crippen molar-refractivity contribution < 1.29 is 14.6 Å². The van der Waals surface area contributed by atoms with Gasteiger partial charge in [0.2, 0.25) is 0 Å². The highest BCUT2D eigenvalue weighted by molar-refractivity contribution is 5.80. The van der Waals surface area contributed by atoms with Gasteiger partial charge in [-0.3, -0.25) is 4.79 Å². The number of ketones is 1. The zero-order valence-electron chi connectivity index (χ0n) is 12.9. The second-order valence-corrected chi connectivity index (χ2v) is 5.90. The molecule has 0 unspecified atom stereocenters. The van der Waals surface area contributed by atoms with Crippen LogP contribution in [-0.2, 0) is 16.1 Å². The van der Waals surface area contributed by atoms with Crippen LogP contribution in [0.1, 0.15) is 39.7 Å². The van der Waals surface area contributed by atoms with Gasteiger partial charge >= 0.3 is 0 Å². The number of aliphatic hydroxyl groups excluding tert-OH is 1. The molecule has 0 bridgehead atoms. The fourth-order valence-corrected chi connectivity index (χ4v) is 2.07. The highest BCUT2D eigenvalue weighted by atomic mass is 16.5. The van der Waals surface area contributed by atoms with Crippen molar-refractivity contribution in [3.8, 4) is 0 Å². The smallest absolute Gasteiger partial charge is 0.138 e. The van der Waals surface area contributed by atoms with Crippen LogP contribution in [0.3, 0.4) is 0 Å². The van der Waals surface area contributed by atoms with Crippen LogP contribution < -0.4 is 0 Å². The standard InChI is InChI=1S/C17H26O3/c1-12(2)15(18)10-16(19)17(13(3)4)20-11-14-8-6-5-7-9-14/h5-9,12-13,16-17,19H,10-11H2,1-4H3/t16-,17+/m0/s1. The van der Waals surface area contributed by atoms with Crippen molar-refractivity contribution in [3.05, 3.63) is 35.9 Å². The van der Waals surface area contributed by atoms with Gasteiger partial charge in [-0.1, -0.05) is 58.0 Å². The van der Waals surface area contributed by atoms with E-state index in [4.69, 9.17) is 4.74 Å². The van der Waals surface area contributed by atoms with E-state index >= 15 is 0 Å². The van der Waals surface area contributed by atoms with E-state index in [1.807, 2.05) is 58.0 Å². The molecular weight excluding hydrogens is 252 g/mol. The summed E-state index contributed by atoms with van der Waals surface area (Å²) < 4.78 is 5.83. The summed E-state index contributed by atoms with van der Waals surface area (Å²) >= 11 is 0. The molecule has 0 aromatic heterocycles. The van der Waals surface area contributed by atoms with Gasteiger partial charge in [-0.2, -0.15) is 0 Å². The second-order valence-electron chi connectivity index (χ2n) is 5.90. The highest BCUT2D eigenvalue weighted by Gasteiger charge is 2.26. The molecule has 0 amide bonds. The molecule has 1 N–H and O–H groups in total. The van der Waals surface area contributed by atoms with Crippen LogP contribution in [0.5, 0.6) is 0 Å². The molecule has 3 heteroatoms. The predicted octanol–water partition coefficient (Wildman–Crippen LogP) is 3.20. The SMILES string of the molecule is CC(C)C(=O)C[C@H](O)[C@H](OCc1ccccc1)C(C)C. The normalized spacial score (nSPS) is 14.6. The van der Waals surface area contributed by atoms with Crippen molar-refractivity contribution in [1.29, 1.82) is 0 Å². The Hall–Kier alpha value is -1.19. The van der Waals surface area contributed by atoms with Crippen LogP contribution in [0.25, 0.3) is 0 Å². The molecule has 112 valence electrons. The van der Waals surface area contributed by atoms with Crippen LogP contribution in [0.4, 0.5) is 0 Å². The van der Waals surface area contributed by atoms with E-state index in [-0.39, 0.29) is 30.1 Å². The van der Waals surface area contributed by atoms with E-state index in [2.05, 4.69) is 0 Å². The van der Waals surface area contributed by atoms with E-state index in [9.17, 15) is 9.90 Å². The molecule has 20 heavy (non-hydrogen) atoms. The topological polar surface area (TPSA) is 46.5 Å². The maximum Gasteiger partial charge on any atom is 0.138 e. The number of carbonyl (C=O) groups excluding carboxylic acids is 1. The largest absolute Gasteiger partial charge is 0.390 e. The first-order chi connectivity index (χ1) is 9.41. The molecule has 3 nitrogen and oxygen atoms in total. The number of aliphatic hydroxyl groups is 1. The van der Waals surface area contributed by atoms with E-state index < -0.39 is 6.10 Å². The van der Waals surface area contributed by atoms with Gasteiger partial charge in [-0.25, -0.2) is 0 Å². The number of benzene rings is 1. The maximum atomic E-state index is 11.7. The molecule has 1 aromatic carbocycles. The summed E-state index contributed by atoms with van der Waals surface area (Å²) in [6, 6.07) is 9.86. The Bertz CT molecular complexity index is 398. The van der Waals surface area contributed by atoms with Gasteiger partial charge in [0.05, 0.1) is 18.8 Å². The third-order valence-corrected chi connectivity index (χ3v) is 3.38. The van der Waals surface area contributed by atoms with Crippen LogP contribution in [-0.4, -0.2) is 23.1 Å². The lowest BCUT2D eigenvalue weighted by molar-refractivity contribution is -0.128. The highest BCUT2D eigenvalue weighted by Crippen LogP contribution is 2.17. The van der Waals surface area contributed by atoms with Crippen molar-refractivity contribution in [2.45, 2.75) is 52.9 Å². The molecule has 0 aliphatic carbocycles. The zero-order valence-corrected chi connectivity index (χ0v) is 12.9. The Kier molecular flexibility index (Phi) is 6.89. The first-order valence-electron chi connectivity index (χ1n) is 7.28. The fourth-order valence-electron chi connectivity index (χ4n) is 2.07. The molecule has 0 fully saturated rings. The number of rotatable bonds is 8. The van der Waals surface area contributed by atoms with Crippen LogP contribution in [0.2, 0.25) is 0 Å². The first-order valence-corrected chi connectivity index (χ1v) is 7.28. The van der Waals surface area contributed by atoms with Crippen LogP contribution in [0.15, 0.2) is 30.3 Å². The summed E-state index contributed by atoms with van der Waals surface area (Å²) in [6.07, 6.45) is -0.901. The minimum Gasteiger partial charge on any atom is -0.390 e. The molecule has 0 heterocycles. The van der Waals surface area contributed by atoms with Crippen molar-refractivity contribution in [2.24, 2.45) is 11.8 Å².